The third kappa shape index (κ3) is 1.13. The van der Waals surface area contributed by atoms with Gasteiger partial charge in [-0.1, -0.05) is 0 Å². The first-order valence-electron chi connectivity index (χ1n) is 3.62. The van der Waals surface area contributed by atoms with Crippen molar-refractivity contribution in [3.05, 3.63) is 28.8 Å². The lowest BCUT2D eigenvalue weighted by atomic mass is 10.2. The summed E-state index contributed by atoms with van der Waals surface area (Å²) in [5.74, 6) is 5.61. The first-order valence-corrected chi connectivity index (χ1v) is 3.62. The summed E-state index contributed by atoms with van der Waals surface area (Å²) in [7, 11) is 0. The molecule has 6 heteroatoms. The lowest BCUT2D eigenvalue weighted by Crippen LogP contribution is -2.15. The van der Waals surface area contributed by atoms with Gasteiger partial charge >= 0.3 is 0 Å². The van der Waals surface area contributed by atoms with Gasteiger partial charge in [0.2, 0.25) is 0 Å². The third-order valence-electron chi connectivity index (χ3n) is 1.73. The van der Waals surface area contributed by atoms with Gasteiger partial charge in [-0.25, -0.2) is 10.9 Å². The molecule has 0 spiro atoms. The maximum absolute atomic E-state index is 11.2. The number of aromatic amines is 1. The van der Waals surface area contributed by atoms with Crippen LogP contribution in [0.5, 0.6) is 0 Å². The van der Waals surface area contributed by atoms with E-state index in [0.717, 1.165) is 0 Å². The molecular weight excluding hydrogens is 170 g/mol. The summed E-state index contributed by atoms with van der Waals surface area (Å²) in [5, 5.41) is 7.15. The van der Waals surface area contributed by atoms with E-state index in [2.05, 4.69) is 20.6 Å². The third-order valence-corrected chi connectivity index (χ3v) is 1.73. The largest absolute Gasteiger partial charge is 0.306 e. The number of aromatic nitrogens is 3. The number of hydrazine groups is 1. The lowest BCUT2D eigenvalue weighted by molar-refractivity contribution is 1.00. The Morgan fingerprint density at radius 1 is 1.46 bits per heavy atom. The fourth-order valence-electron chi connectivity index (χ4n) is 1.12. The quantitative estimate of drug-likeness (QED) is 0.407. The summed E-state index contributed by atoms with van der Waals surface area (Å²) in [6.45, 7) is 0. The van der Waals surface area contributed by atoms with Crippen molar-refractivity contribution >= 4 is 16.6 Å². The summed E-state index contributed by atoms with van der Waals surface area (Å²) in [6.07, 6.45) is 3.07. The standard InChI is InChI=1S/C7H7N5O/c8-10-6-5-3-9-2-1-4(5)7(13)12-11-6/h1-3H,8H2,(H,10,11)(H,12,13). The van der Waals surface area contributed by atoms with Crippen LogP contribution in [0.3, 0.4) is 0 Å². The Balaban J connectivity index is 2.93. The average Bonchev–Trinajstić information content (AvgIpc) is 2.19. The van der Waals surface area contributed by atoms with Crippen LogP contribution in [0.15, 0.2) is 23.3 Å². The van der Waals surface area contributed by atoms with Crippen molar-refractivity contribution in [3.63, 3.8) is 0 Å². The highest BCUT2D eigenvalue weighted by Crippen LogP contribution is 2.13. The summed E-state index contributed by atoms with van der Waals surface area (Å²) >= 11 is 0. The summed E-state index contributed by atoms with van der Waals surface area (Å²) < 4.78 is 0. The SMILES string of the molecule is NNc1n[nH]c(=O)c2ccncc12. The van der Waals surface area contributed by atoms with E-state index in [-0.39, 0.29) is 5.56 Å². The van der Waals surface area contributed by atoms with Crippen molar-refractivity contribution in [1.82, 2.24) is 15.2 Å². The maximum atomic E-state index is 11.2. The highest BCUT2D eigenvalue weighted by molar-refractivity contribution is 5.89. The summed E-state index contributed by atoms with van der Waals surface area (Å²) in [4.78, 5) is 15.1. The monoisotopic (exact) mass is 177 g/mol. The van der Waals surface area contributed by atoms with E-state index in [9.17, 15) is 4.79 Å². The molecule has 6 nitrogen and oxygen atoms in total. The van der Waals surface area contributed by atoms with Gasteiger partial charge in [-0.05, 0) is 6.07 Å². The van der Waals surface area contributed by atoms with Crippen molar-refractivity contribution < 1.29 is 0 Å². The van der Waals surface area contributed by atoms with E-state index >= 15 is 0 Å². The van der Waals surface area contributed by atoms with Gasteiger partial charge in [-0.15, -0.1) is 0 Å². The fraction of sp³-hybridized carbons (Fsp3) is 0. The normalized spacial score (nSPS) is 10.2. The Morgan fingerprint density at radius 3 is 3.08 bits per heavy atom. The molecule has 0 aliphatic carbocycles. The topological polar surface area (TPSA) is 96.7 Å². The summed E-state index contributed by atoms with van der Waals surface area (Å²) in [5.41, 5.74) is 2.12. The minimum atomic E-state index is -0.253. The highest BCUT2D eigenvalue weighted by Gasteiger charge is 2.03. The van der Waals surface area contributed by atoms with Crippen molar-refractivity contribution in [2.75, 3.05) is 5.43 Å². The molecule has 0 amide bonds. The van der Waals surface area contributed by atoms with Gasteiger partial charge in [0, 0.05) is 12.4 Å². The minimum absolute atomic E-state index is 0.253. The van der Waals surface area contributed by atoms with Crippen LogP contribution in [0, 0.1) is 0 Å². The maximum Gasteiger partial charge on any atom is 0.272 e. The average molecular weight is 177 g/mol. The number of hydrogen-bond donors (Lipinski definition) is 3. The molecule has 0 atom stereocenters. The molecule has 2 aromatic rings. The Hall–Kier alpha value is -1.95. The van der Waals surface area contributed by atoms with Crippen LogP contribution in [0.4, 0.5) is 5.82 Å². The van der Waals surface area contributed by atoms with E-state index in [1.54, 1.807) is 6.07 Å². The van der Waals surface area contributed by atoms with E-state index in [4.69, 9.17) is 5.84 Å². The van der Waals surface area contributed by atoms with Crippen LogP contribution in [0.1, 0.15) is 0 Å². The number of nitrogen functional groups attached to an aromatic ring is 1. The number of nitrogens with one attached hydrogen (secondary N) is 2. The zero-order chi connectivity index (χ0) is 9.26. The van der Waals surface area contributed by atoms with E-state index in [1.165, 1.54) is 12.4 Å². The molecule has 0 radical (unpaired) electrons. The minimum Gasteiger partial charge on any atom is -0.306 e. The first kappa shape index (κ1) is 7.69. The van der Waals surface area contributed by atoms with Crippen LogP contribution >= 0.6 is 0 Å². The molecule has 0 bridgehead atoms. The van der Waals surface area contributed by atoms with Crippen molar-refractivity contribution in [1.29, 1.82) is 0 Å². The van der Waals surface area contributed by atoms with Crippen molar-refractivity contribution in [2.24, 2.45) is 5.84 Å². The number of rotatable bonds is 1. The molecule has 0 fully saturated rings. The molecule has 0 saturated carbocycles. The van der Waals surface area contributed by atoms with E-state index < -0.39 is 0 Å². The Kier molecular flexibility index (Phi) is 1.67. The Bertz CT molecular complexity index is 491. The Morgan fingerprint density at radius 2 is 2.31 bits per heavy atom. The van der Waals surface area contributed by atoms with Gasteiger partial charge in [0.25, 0.3) is 5.56 Å². The zero-order valence-corrected chi connectivity index (χ0v) is 6.61. The van der Waals surface area contributed by atoms with Gasteiger partial charge in [0.05, 0.1) is 10.8 Å². The summed E-state index contributed by atoms with van der Waals surface area (Å²) in [6, 6.07) is 1.61. The van der Waals surface area contributed by atoms with Gasteiger partial charge in [-0.3, -0.25) is 9.78 Å². The van der Waals surface area contributed by atoms with Gasteiger partial charge in [-0.2, -0.15) is 5.10 Å². The predicted molar refractivity (Wildman–Crippen MR) is 48.0 cm³/mol. The lowest BCUT2D eigenvalue weighted by Gasteiger charge is -2.01. The van der Waals surface area contributed by atoms with Gasteiger partial charge < -0.3 is 5.43 Å². The molecule has 0 unspecified atom stereocenters. The van der Waals surface area contributed by atoms with Crippen molar-refractivity contribution in [3.8, 4) is 0 Å². The van der Waals surface area contributed by atoms with Crippen LogP contribution in [-0.2, 0) is 0 Å². The van der Waals surface area contributed by atoms with E-state index in [0.29, 0.717) is 16.6 Å². The van der Waals surface area contributed by atoms with E-state index in [1.807, 2.05) is 0 Å². The second-order valence-electron chi connectivity index (χ2n) is 2.47. The second-order valence-corrected chi connectivity index (χ2v) is 2.47. The second kappa shape index (κ2) is 2.83. The molecule has 0 aliphatic rings. The molecular formula is C7H7N5O. The van der Waals surface area contributed by atoms with Crippen LogP contribution in [0.2, 0.25) is 0 Å². The molecule has 0 saturated heterocycles. The number of nitrogens with zero attached hydrogens (tertiary/aromatic N) is 2. The van der Waals surface area contributed by atoms with Crippen LogP contribution < -0.4 is 16.8 Å². The molecule has 13 heavy (non-hydrogen) atoms. The van der Waals surface area contributed by atoms with Crippen molar-refractivity contribution in [2.45, 2.75) is 0 Å². The Labute approximate surface area is 72.8 Å². The zero-order valence-electron chi connectivity index (χ0n) is 6.61. The first-order chi connectivity index (χ1) is 6.33. The molecule has 2 aromatic heterocycles. The number of H-pyrrole nitrogens is 1. The smallest absolute Gasteiger partial charge is 0.272 e. The molecule has 4 N–H and O–H groups in total. The van der Waals surface area contributed by atoms with Crippen LogP contribution in [0.25, 0.3) is 10.8 Å². The number of anilines is 1. The van der Waals surface area contributed by atoms with Gasteiger partial charge in [0.15, 0.2) is 5.82 Å². The molecule has 2 heterocycles. The fourth-order valence-corrected chi connectivity index (χ4v) is 1.12. The predicted octanol–water partition coefficient (Wildman–Crippen LogP) is -0.396. The molecule has 2 rings (SSSR count). The van der Waals surface area contributed by atoms with Crippen LogP contribution in [-0.4, -0.2) is 15.2 Å². The number of pyridine rings is 1. The molecule has 66 valence electrons. The molecule has 0 aromatic carbocycles. The number of nitrogens with two attached hydrogens (primary N) is 1. The van der Waals surface area contributed by atoms with Gasteiger partial charge in [0.1, 0.15) is 0 Å². The number of fused-ring (bicyclic) bond motifs is 1. The molecule has 0 aliphatic heterocycles. The highest BCUT2D eigenvalue weighted by atomic mass is 16.1. The number of hydrogen-bond acceptors (Lipinski definition) is 5.